The summed E-state index contributed by atoms with van der Waals surface area (Å²) in [5, 5.41) is 12.8. The van der Waals surface area contributed by atoms with Gasteiger partial charge in [0.15, 0.2) is 17.2 Å². The van der Waals surface area contributed by atoms with Crippen LogP contribution in [0, 0.1) is 17.7 Å². The number of nitrogens with one attached hydrogen (secondary N) is 1. The van der Waals surface area contributed by atoms with E-state index in [0.717, 1.165) is 0 Å². The number of ether oxygens (including phenoxy) is 3. The highest BCUT2D eigenvalue weighted by Crippen LogP contribution is 2.32. The number of hydrogen-bond donors (Lipinski definition) is 2. The quantitative estimate of drug-likeness (QED) is 0.526. The smallest absolute Gasteiger partial charge is 0.270 e. The molecule has 2 aromatic carbocycles. The number of carbonyl (C=O) groups excluding carboxylic acids is 2. The molecule has 0 spiro atoms. The first kappa shape index (κ1) is 24.2. The highest BCUT2D eigenvalue weighted by atomic mass is 19.1. The van der Waals surface area contributed by atoms with E-state index in [0.29, 0.717) is 17.0 Å². The Balaban J connectivity index is 1.29. The van der Waals surface area contributed by atoms with E-state index in [1.807, 2.05) is 0 Å². The van der Waals surface area contributed by atoms with E-state index >= 15 is 0 Å². The fourth-order valence-corrected chi connectivity index (χ4v) is 3.72. The molecule has 2 aliphatic rings. The zero-order valence-corrected chi connectivity index (χ0v) is 19.7. The van der Waals surface area contributed by atoms with Crippen molar-refractivity contribution in [3.8, 4) is 29.1 Å². The molecule has 0 unspecified atom stereocenters. The highest BCUT2D eigenvalue weighted by Gasteiger charge is 2.34. The number of pyridine rings is 1. The number of rotatable bonds is 4. The molecule has 5 rings (SSSR count). The number of fused-ring (bicyclic) bond motifs is 1. The predicted octanol–water partition coefficient (Wildman–Crippen LogP) is 2.28. The molecule has 0 bridgehead atoms. The van der Waals surface area contributed by atoms with Crippen molar-refractivity contribution in [2.45, 2.75) is 11.6 Å². The van der Waals surface area contributed by atoms with Gasteiger partial charge in [0.2, 0.25) is 0 Å². The topological polar surface area (TPSA) is 110 Å². The summed E-state index contributed by atoms with van der Waals surface area (Å²) in [6.45, 7) is 0.206. The summed E-state index contributed by atoms with van der Waals surface area (Å²) in [6.07, 6.45) is 1.35. The Bertz CT molecular complexity index is 1430. The lowest BCUT2D eigenvalue weighted by atomic mass is 10.0. The molecule has 1 saturated heterocycles. The molecule has 188 valence electrons. The van der Waals surface area contributed by atoms with Gasteiger partial charge in [-0.15, -0.1) is 0 Å². The number of likely N-dealkylation sites (N-methyl/N-ethyl adjacent to an activating group) is 1. The van der Waals surface area contributed by atoms with Crippen molar-refractivity contribution in [1.82, 2.24) is 10.3 Å². The van der Waals surface area contributed by atoms with Gasteiger partial charge in [-0.3, -0.25) is 14.6 Å². The molecule has 3 aromatic rings. The first-order valence-electron chi connectivity index (χ1n) is 11.4. The average molecular weight is 503 g/mol. The SMILES string of the molecule is CN1C(=O)[C@H](NC(=O)c2cc(Oc3ccccc3F)ccn2)COc2ccc(C#CC3(O)COC3)cc21. The van der Waals surface area contributed by atoms with Crippen molar-refractivity contribution >= 4 is 17.5 Å². The third-order valence-electron chi connectivity index (χ3n) is 5.81. The van der Waals surface area contributed by atoms with Crippen LogP contribution in [0.15, 0.2) is 60.8 Å². The summed E-state index contributed by atoms with van der Waals surface area (Å²) >= 11 is 0. The van der Waals surface area contributed by atoms with Crippen LogP contribution in [0.5, 0.6) is 17.2 Å². The van der Waals surface area contributed by atoms with Crippen LogP contribution in [-0.2, 0) is 9.53 Å². The van der Waals surface area contributed by atoms with Crippen molar-refractivity contribution in [1.29, 1.82) is 0 Å². The molecule has 10 heteroatoms. The number of aromatic nitrogens is 1. The van der Waals surface area contributed by atoms with Gasteiger partial charge < -0.3 is 29.5 Å². The number of aliphatic hydroxyl groups is 1. The standard InChI is InChI=1S/C27H22FN3O6/c1-31-22-12-17(8-10-27(34)15-35-16-27)6-7-24(22)36-14-21(26(31)33)30-25(32)20-13-18(9-11-29-20)37-23-5-3-2-4-19(23)28/h2-7,9,11-13,21,34H,14-16H2,1H3,(H,30,32)/t21-/m1/s1. The molecule has 0 saturated carbocycles. The monoisotopic (exact) mass is 503 g/mol. The van der Waals surface area contributed by atoms with E-state index in [-0.39, 0.29) is 37.0 Å². The van der Waals surface area contributed by atoms with Gasteiger partial charge in [0.05, 0.1) is 18.9 Å². The van der Waals surface area contributed by atoms with Crippen LogP contribution in [-0.4, -0.2) is 60.4 Å². The van der Waals surface area contributed by atoms with E-state index in [1.165, 1.54) is 41.4 Å². The van der Waals surface area contributed by atoms with E-state index < -0.39 is 29.3 Å². The molecule has 2 aliphatic heterocycles. The molecule has 3 heterocycles. The van der Waals surface area contributed by atoms with Crippen molar-refractivity contribution in [2.24, 2.45) is 0 Å². The Hall–Kier alpha value is -4.46. The van der Waals surface area contributed by atoms with Crippen molar-refractivity contribution in [3.05, 3.63) is 77.9 Å². The second-order valence-corrected chi connectivity index (χ2v) is 8.60. The highest BCUT2D eigenvalue weighted by molar-refractivity contribution is 6.03. The van der Waals surface area contributed by atoms with Crippen molar-refractivity contribution < 1.29 is 33.3 Å². The lowest BCUT2D eigenvalue weighted by Gasteiger charge is -2.30. The van der Waals surface area contributed by atoms with E-state index in [1.54, 1.807) is 31.3 Å². The lowest BCUT2D eigenvalue weighted by molar-refractivity contribution is -0.140. The Morgan fingerprint density at radius 1 is 1.24 bits per heavy atom. The van der Waals surface area contributed by atoms with Crippen LogP contribution in [0.1, 0.15) is 16.1 Å². The maximum atomic E-state index is 13.9. The third kappa shape index (κ3) is 5.23. The van der Waals surface area contributed by atoms with Gasteiger partial charge in [0.1, 0.15) is 29.8 Å². The van der Waals surface area contributed by atoms with Crippen molar-refractivity contribution in [3.63, 3.8) is 0 Å². The predicted molar refractivity (Wildman–Crippen MR) is 130 cm³/mol. The molecule has 1 aromatic heterocycles. The van der Waals surface area contributed by atoms with E-state index in [9.17, 15) is 19.1 Å². The largest absolute Gasteiger partial charge is 0.489 e. The maximum absolute atomic E-state index is 13.9. The molecule has 2 N–H and O–H groups in total. The maximum Gasteiger partial charge on any atom is 0.270 e. The fraction of sp³-hybridized carbons (Fsp3) is 0.222. The molecule has 1 fully saturated rings. The van der Waals surface area contributed by atoms with Gasteiger partial charge in [0, 0.05) is 24.9 Å². The molecular formula is C27H22FN3O6. The number of halogens is 1. The molecule has 37 heavy (non-hydrogen) atoms. The van der Waals surface area contributed by atoms with Crippen LogP contribution in [0.2, 0.25) is 0 Å². The summed E-state index contributed by atoms with van der Waals surface area (Å²) < 4.78 is 30.2. The minimum atomic E-state index is -1.16. The summed E-state index contributed by atoms with van der Waals surface area (Å²) in [6, 6.07) is 12.8. The number of anilines is 1. The van der Waals surface area contributed by atoms with Crippen molar-refractivity contribution in [2.75, 3.05) is 31.8 Å². The Labute approximate surface area is 211 Å². The summed E-state index contributed by atoms with van der Waals surface area (Å²) in [4.78, 5) is 31.5. The number of amides is 2. The van der Waals surface area contributed by atoms with Crippen LogP contribution in [0.4, 0.5) is 10.1 Å². The summed E-state index contributed by atoms with van der Waals surface area (Å²) in [7, 11) is 1.57. The lowest BCUT2D eigenvalue weighted by Crippen LogP contribution is -2.49. The van der Waals surface area contributed by atoms with Gasteiger partial charge in [0.25, 0.3) is 11.8 Å². The Kier molecular flexibility index (Phi) is 6.48. The number of nitrogens with zero attached hydrogens (tertiary/aromatic N) is 2. The minimum absolute atomic E-state index is 0.00558. The fourth-order valence-electron chi connectivity index (χ4n) is 3.72. The summed E-state index contributed by atoms with van der Waals surface area (Å²) in [5.74, 6) is 4.77. The van der Waals surface area contributed by atoms with Gasteiger partial charge in [-0.05, 0) is 36.4 Å². The Morgan fingerprint density at radius 2 is 2.05 bits per heavy atom. The zero-order chi connectivity index (χ0) is 26.0. The van der Waals surface area contributed by atoms with Gasteiger partial charge in [-0.25, -0.2) is 4.39 Å². The molecule has 2 amide bonds. The molecule has 1 atom stereocenters. The van der Waals surface area contributed by atoms with Gasteiger partial charge >= 0.3 is 0 Å². The minimum Gasteiger partial charge on any atom is -0.489 e. The second-order valence-electron chi connectivity index (χ2n) is 8.60. The number of benzene rings is 2. The van der Waals surface area contributed by atoms with E-state index in [2.05, 4.69) is 22.1 Å². The van der Waals surface area contributed by atoms with Gasteiger partial charge in [-0.1, -0.05) is 24.0 Å². The number of hydrogen-bond acceptors (Lipinski definition) is 7. The van der Waals surface area contributed by atoms with Crippen LogP contribution >= 0.6 is 0 Å². The van der Waals surface area contributed by atoms with Crippen LogP contribution < -0.4 is 19.7 Å². The van der Waals surface area contributed by atoms with Crippen LogP contribution in [0.25, 0.3) is 0 Å². The average Bonchev–Trinajstić information content (AvgIpc) is 3.00. The molecule has 9 nitrogen and oxygen atoms in total. The molecule has 0 aliphatic carbocycles. The van der Waals surface area contributed by atoms with Crippen LogP contribution in [0.3, 0.4) is 0 Å². The number of carbonyl (C=O) groups is 2. The first-order valence-corrected chi connectivity index (χ1v) is 11.4. The normalized spacial score (nSPS) is 17.8. The van der Waals surface area contributed by atoms with Gasteiger partial charge in [-0.2, -0.15) is 0 Å². The van der Waals surface area contributed by atoms with E-state index in [4.69, 9.17) is 14.2 Å². The number of para-hydroxylation sites is 1. The summed E-state index contributed by atoms with van der Waals surface area (Å²) in [5.41, 5.74) is -0.113. The zero-order valence-electron chi connectivity index (χ0n) is 19.7. The molecular weight excluding hydrogens is 481 g/mol. The third-order valence-corrected chi connectivity index (χ3v) is 5.81. The second kappa shape index (κ2) is 9.89. The first-order chi connectivity index (χ1) is 17.8. The molecule has 0 radical (unpaired) electrons. The Morgan fingerprint density at radius 3 is 2.81 bits per heavy atom.